The van der Waals surface area contributed by atoms with Gasteiger partial charge in [0.25, 0.3) is 0 Å². The van der Waals surface area contributed by atoms with Crippen LogP contribution in [-0.2, 0) is 6.61 Å². The summed E-state index contributed by atoms with van der Waals surface area (Å²) >= 11 is 0. The molecule has 3 rings (SSSR count). The zero-order chi connectivity index (χ0) is 20.1. The fourth-order valence-corrected chi connectivity index (χ4v) is 2.86. The lowest BCUT2D eigenvalue weighted by molar-refractivity contribution is 0.0999. The van der Waals surface area contributed by atoms with Gasteiger partial charge in [-0.15, -0.1) is 0 Å². The molecule has 0 bridgehead atoms. The van der Waals surface area contributed by atoms with Crippen LogP contribution in [0.3, 0.4) is 0 Å². The van der Waals surface area contributed by atoms with E-state index in [0.29, 0.717) is 29.2 Å². The molecule has 28 heavy (non-hydrogen) atoms. The number of primary amides is 1. The summed E-state index contributed by atoms with van der Waals surface area (Å²) in [7, 11) is 1.51. The maximum atomic E-state index is 11.4. The molecule has 0 radical (unpaired) electrons. The number of carbonyl (C=O) groups is 1. The van der Waals surface area contributed by atoms with E-state index in [-0.39, 0.29) is 0 Å². The van der Waals surface area contributed by atoms with E-state index in [1.807, 2.05) is 25.1 Å². The van der Waals surface area contributed by atoms with Crippen LogP contribution in [0.1, 0.15) is 27.0 Å². The van der Waals surface area contributed by atoms with Crippen molar-refractivity contribution in [2.45, 2.75) is 13.5 Å². The van der Waals surface area contributed by atoms with Crippen LogP contribution in [0.15, 0.2) is 54.9 Å². The Morgan fingerprint density at radius 2 is 1.96 bits per heavy atom. The molecule has 0 unspecified atom stereocenters. The number of aryl methyl sites for hydroxylation is 1. The highest BCUT2D eigenvalue weighted by molar-refractivity contribution is 5.94. The van der Waals surface area contributed by atoms with Crippen LogP contribution in [0.2, 0.25) is 0 Å². The molecule has 2 N–H and O–H groups in total. The highest BCUT2D eigenvalue weighted by Crippen LogP contribution is 2.26. The predicted molar refractivity (Wildman–Crippen MR) is 105 cm³/mol. The van der Waals surface area contributed by atoms with Gasteiger partial charge in [0.2, 0.25) is 5.91 Å². The van der Waals surface area contributed by atoms with Crippen molar-refractivity contribution in [3.05, 3.63) is 77.1 Å². The maximum absolute atomic E-state index is 11.4. The number of nitrogens with two attached hydrogens (primary N) is 1. The van der Waals surface area contributed by atoms with Crippen LogP contribution in [0, 0.1) is 18.3 Å². The van der Waals surface area contributed by atoms with Crippen molar-refractivity contribution in [2.24, 2.45) is 5.73 Å². The molecule has 0 aliphatic rings. The molecule has 1 amide bonds. The largest absolute Gasteiger partial charge is 0.495 e. The van der Waals surface area contributed by atoms with E-state index in [4.69, 9.17) is 20.5 Å². The molecule has 0 saturated heterocycles. The van der Waals surface area contributed by atoms with Gasteiger partial charge < -0.3 is 15.2 Å². The Balaban J connectivity index is 1.78. The van der Waals surface area contributed by atoms with Gasteiger partial charge >= 0.3 is 0 Å². The topological polar surface area (TPSA) is 98.2 Å². The van der Waals surface area contributed by atoms with E-state index in [1.165, 1.54) is 7.11 Å². The number of amides is 1. The number of nitriles is 1. The number of methoxy groups -OCH3 is 1. The van der Waals surface area contributed by atoms with Crippen molar-refractivity contribution in [1.82, 2.24) is 4.98 Å². The minimum atomic E-state index is -0.442. The average Bonchev–Trinajstić information content (AvgIpc) is 2.71. The smallest absolute Gasteiger partial charge is 0.248 e. The van der Waals surface area contributed by atoms with Crippen LogP contribution >= 0.6 is 0 Å². The van der Waals surface area contributed by atoms with E-state index >= 15 is 0 Å². The molecule has 6 nitrogen and oxygen atoms in total. The Kier molecular flexibility index (Phi) is 5.56. The van der Waals surface area contributed by atoms with E-state index in [9.17, 15) is 4.79 Å². The third-order valence-electron chi connectivity index (χ3n) is 4.32. The highest BCUT2D eigenvalue weighted by Gasteiger charge is 2.08. The fraction of sp³-hybridized carbons (Fsp3) is 0.136. The van der Waals surface area contributed by atoms with Crippen LogP contribution < -0.4 is 15.2 Å². The lowest BCUT2D eigenvalue weighted by atomic mass is 10.00. The van der Waals surface area contributed by atoms with E-state index in [0.717, 1.165) is 22.3 Å². The molecule has 3 aromatic rings. The zero-order valence-electron chi connectivity index (χ0n) is 15.6. The molecule has 1 aromatic heterocycles. The molecule has 0 saturated carbocycles. The molecule has 2 aromatic carbocycles. The van der Waals surface area contributed by atoms with Gasteiger partial charge in [-0.1, -0.05) is 12.1 Å². The van der Waals surface area contributed by atoms with Crippen molar-refractivity contribution in [3.8, 4) is 28.7 Å². The molecule has 1 heterocycles. The summed E-state index contributed by atoms with van der Waals surface area (Å²) in [4.78, 5) is 15.7. The van der Waals surface area contributed by atoms with E-state index < -0.39 is 5.91 Å². The number of pyridine rings is 1. The van der Waals surface area contributed by atoms with Crippen LogP contribution in [0.5, 0.6) is 11.5 Å². The second-order valence-corrected chi connectivity index (χ2v) is 6.24. The summed E-state index contributed by atoms with van der Waals surface area (Å²) in [5.41, 5.74) is 9.88. The Morgan fingerprint density at radius 1 is 1.14 bits per heavy atom. The number of aromatic nitrogens is 1. The number of hydrogen-bond acceptors (Lipinski definition) is 5. The summed E-state index contributed by atoms with van der Waals surface area (Å²) in [5, 5.41) is 9.05. The molecule has 0 fully saturated rings. The van der Waals surface area contributed by atoms with Crippen molar-refractivity contribution in [2.75, 3.05) is 7.11 Å². The van der Waals surface area contributed by atoms with Crippen LogP contribution in [0.25, 0.3) is 11.1 Å². The molecule has 6 heteroatoms. The van der Waals surface area contributed by atoms with Gasteiger partial charge in [0, 0.05) is 35.2 Å². The first-order valence-electron chi connectivity index (χ1n) is 8.57. The van der Waals surface area contributed by atoms with Gasteiger partial charge in [0.05, 0.1) is 12.7 Å². The molecule has 0 spiro atoms. The summed E-state index contributed by atoms with van der Waals surface area (Å²) in [5.74, 6) is 0.627. The van der Waals surface area contributed by atoms with E-state index in [2.05, 4.69) is 11.1 Å². The predicted octanol–water partition coefficient (Wildman–Crippen LogP) is 3.62. The van der Waals surface area contributed by atoms with Crippen molar-refractivity contribution in [3.63, 3.8) is 0 Å². The standard InChI is InChI=1S/C22H19N3O3/c1-14-7-16(4-6-20(14)22(24)26)18-8-15(11-25-12-18)13-28-19-5-3-17(10-23)21(9-19)27-2/h3-9,11-12H,13H2,1-2H3,(H2,24,26). The average molecular weight is 373 g/mol. The third-order valence-corrected chi connectivity index (χ3v) is 4.32. The Morgan fingerprint density at radius 3 is 2.64 bits per heavy atom. The van der Waals surface area contributed by atoms with Gasteiger partial charge in [-0.2, -0.15) is 5.26 Å². The quantitative estimate of drug-likeness (QED) is 0.712. The summed E-state index contributed by atoms with van der Waals surface area (Å²) in [6.45, 7) is 2.16. The van der Waals surface area contributed by atoms with Gasteiger partial charge in [-0.3, -0.25) is 9.78 Å². The first kappa shape index (κ1) is 18.9. The monoisotopic (exact) mass is 373 g/mol. The van der Waals surface area contributed by atoms with Crippen molar-refractivity contribution < 1.29 is 14.3 Å². The second kappa shape index (κ2) is 8.23. The number of hydrogen-bond donors (Lipinski definition) is 1. The van der Waals surface area contributed by atoms with Crippen molar-refractivity contribution in [1.29, 1.82) is 5.26 Å². The Labute approximate surface area is 163 Å². The Hall–Kier alpha value is -3.85. The van der Waals surface area contributed by atoms with Gasteiger partial charge in [0.1, 0.15) is 24.2 Å². The normalized spacial score (nSPS) is 10.2. The van der Waals surface area contributed by atoms with Gasteiger partial charge in [-0.05, 0) is 42.3 Å². The van der Waals surface area contributed by atoms with E-state index in [1.54, 1.807) is 36.7 Å². The van der Waals surface area contributed by atoms with Crippen LogP contribution in [0.4, 0.5) is 0 Å². The number of benzene rings is 2. The Bertz CT molecular complexity index is 1070. The zero-order valence-corrected chi connectivity index (χ0v) is 15.6. The second-order valence-electron chi connectivity index (χ2n) is 6.24. The minimum Gasteiger partial charge on any atom is -0.495 e. The molecule has 140 valence electrons. The molecular weight excluding hydrogens is 354 g/mol. The lowest BCUT2D eigenvalue weighted by Gasteiger charge is -2.10. The van der Waals surface area contributed by atoms with Gasteiger partial charge in [-0.25, -0.2) is 0 Å². The number of ether oxygens (including phenoxy) is 2. The first-order chi connectivity index (χ1) is 13.5. The maximum Gasteiger partial charge on any atom is 0.248 e. The number of carbonyl (C=O) groups excluding carboxylic acids is 1. The van der Waals surface area contributed by atoms with Crippen molar-refractivity contribution >= 4 is 5.91 Å². The number of nitrogens with zero attached hydrogens (tertiary/aromatic N) is 2. The van der Waals surface area contributed by atoms with Gasteiger partial charge in [0.15, 0.2) is 0 Å². The SMILES string of the molecule is COc1cc(OCc2cncc(-c3ccc(C(N)=O)c(C)c3)c2)ccc1C#N. The summed E-state index contributed by atoms with van der Waals surface area (Å²) in [6, 6.07) is 14.6. The molecular formula is C22H19N3O3. The molecule has 0 aliphatic heterocycles. The summed E-state index contributed by atoms with van der Waals surface area (Å²) in [6.07, 6.45) is 3.49. The molecule has 0 aliphatic carbocycles. The third kappa shape index (κ3) is 4.10. The first-order valence-corrected chi connectivity index (χ1v) is 8.57. The highest BCUT2D eigenvalue weighted by atomic mass is 16.5. The lowest BCUT2D eigenvalue weighted by Crippen LogP contribution is -2.12. The number of rotatable bonds is 6. The van der Waals surface area contributed by atoms with Crippen LogP contribution in [-0.4, -0.2) is 18.0 Å². The minimum absolute atomic E-state index is 0.314. The molecule has 0 atom stereocenters. The fourth-order valence-electron chi connectivity index (χ4n) is 2.86. The summed E-state index contributed by atoms with van der Waals surface area (Å²) < 4.78 is 11.0.